The van der Waals surface area contributed by atoms with Crippen LogP contribution in [0.1, 0.15) is 5.56 Å². The van der Waals surface area contributed by atoms with Gasteiger partial charge in [-0.2, -0.15) is 0 Å². The van der Waals surface area contributed by atoms with E-state index in [2.05, 4.69) is 60.0 Å². The van der Waals surface area contributed by atoms with Crippen LogP contribution in [0.4, 0.5) is 0 Å². The first kappa shape index (κ1) is 10.9. The molecule has 0 aliphatic rings. The average molecular weight is 256 g/mol. The molecular weight excluding hydrogens is 244 g/mol. The fraction of sp³-hybridized carbons (Fsp3) is 0.0667. The van der Waals surface area contributed by atoms with E-state index in [1.165, 1.54) is 20.5 Å². The van der Waals surface area contributed by atoms with Crippen LogP contribution < -0.4 is 0 Å². The summed E-state index contributed by atoms with van der Waals surface area (Å²) in [6.07, 6.45) is 0. The molecule has 0 radical (unpaired) electrons. The Morgan fingerprint density at radius 3 is 2.71 bits per heavy atom. The molecule has 0 N–H and O–H groups in total. The number of fused-ring (bicyclic) bond motifs is 1. The number of hydrogen-bond donors (Lipinski definition) is 0. The highest BCUT2D eigenvalue weighted by Crippen LogP contribution is 2.28. The van der Waals surface area contributed by atoms with Crippen LogP contribution in [-0.2, 0) is 5.75 Å². The van der Waals surface area contributed by atoms with Crippen molar-refractivity contribution in [2.24, 2.45) is 0 Å². The van der Waals surface area contributed by atoms with E-state index in [1.54, 1.807) is 0 Å². The van der Waals surface area contributed by atoms with Crippen molar-refractivity contribution in [3.63, 3.8) is 0 Å². The lowest BCUT2D eigenvalue weighted by Gasteiger charge is -2.02. The van der Waals surface area contributed by atoms with Gasteiger partial charge in [-0.3, -0.25) is 0 Å². The van der Waals surface area contributed by atoms with Crippen molar-refractivity contribution in [1.82, 2.24) is 0 Å². The van der Waals surface area contributed by atoms with Crippen molar-refractivity contribution in [2.75, 3.05) is 0 Å². The summed E-state index contributed by atoms with van der Waals surface area (Å²) < 4.78 is 1.38. The van der Waals surface area contributed by atoms with Crippen molar-refractivity contribution in [3.05, 3.63) is 65.5 Å². The van der Waals surface area contributed by atoms with E-state index in [1.807, 2.05) is 23.1 Å². The molecule has 0 fully saturated rings. The third-order valence-electron chi connectivity index (χ3n) is 2.68. The van der Waals surface area contributed by atoms with E-state index in [0.717, 1.165) is 5.75 Å². The quantitative estimate of drug-likeness (QED) is 0.581. The molecule has 0 unspecified atom stereocenters. The van der Waals surface area contributed by atoms with Crippen molar-refractivity contribution in [1.29, 1.82) is 0 Å². The minimum Gasteiger partial charge on any atom is -0.144 e. The molecule has 2 aromatic carbocycles. The summed E-state index contributed by atoms with van der Waals surface area (Å²) in [4.78, 5) is 1.35. The van der Waals surface area contributed by atoms with Gasteiger partial charge in [-0.1, -0.05) is 36.4 Å². The summed E-state index contributed by atoms with van der Waals surface area (Å²) in [6, 6.07) is 19.5. The number of thiophene rings is 1. The van der Waals surface area contributed by atoms with Gasteiger partial charge in [-0.15, -0.1) is 23.1 Å². The zero-order valence-electron chi connectivity index (χ0n) is 9.30. The number of benzene rings is 2. The molecular formula is C15H12S2. The van der Waals surface area contributed by atoms with Crippen LogP contribution in [0.15, 0.2) is 64.9 Å². The van der Waals surface area contributed by atoms with Gasteiger partial charge in [0.25, 0.3) is 0 Å². The normalized spacial score (nSPS) is 10.8. The smallest absolute Gasteiger partial charge is 0.0353 e. The number of rotatable bonds is 3. The molecule has 1 aromatic heterocycles. The molecule has 3 rings (SSSR count). The Morgan fingerprint density at radius 1 is 0.941 bits per heavy atom. The molecule has 0 bridgehead atoms. The van der Waals surface area contributed by atoms with Crippen molar-refractivity contribution < 1.29 is 0 Å². The summed E-state index contributed by atoms with van der Waals surface area (Å²) in [6.45, 7) is 0. The maximum atomic E-state index is 2.29. The Morgan fingerprint density at radius 2 is 1.82 bits per heavy atom. The lowest BCUT2D eigenvalue weighted by atomic mass is 10.2. The molecule has 0 saturated carbocycles. The van der Waals surface area contributed by atoms with Gasteiger partial charge in [0.15, 0.2) is 0 Å². The lowest BCUT2D eigenvalue weighted by Crippen LogP contribution is -1.78. The van der Waals surface area contributed by atoms with E-state index >= 15 is 0 Å². The predicted molar refractivity (Wildman–Crippen MR) is 77.8 cm³/mol. The van der Waals surface area contributed by atoms with Gasteiger partial charge in [0, 0.05) is 15.3 Å². The molecule has 0 saturated heterocycles. The van der Waals surface area contributed by atoms with Gasteiger partial charge >= 0.3 is 0 Å². The molecule has 0 nitrogen and oxygen atoms in total. The van der Waals surface area contributed by atoms with Gasteiger partial charge < -0.3 is 0 Å². The summed E-state index contributed by atoms with van der Waals surface area (Å²) in [5, 5.41) is 3.50. The molecule has 2 heteroatoms. The Kier molecular flexibility index (Phi) is 3.16. The van der Waals surface area contributed by atoms with Crippen LogP contribution in [0.5, 0.6) is 0 Å². The summed E-state index contributed by atoms with van der Waals surface area (Å²) >= 11 is 3.71. The minimum absolute atomic E-state index is 1.04. The lowest BCUT2D eigenvalue weighted by molar-refractivity contribution is 1.39. The first-order chi connectivity index (χ1) is 8.42. The van der Waals surface area contributed by atoms with E-state index in [-0.39, 0.29) is 0 Å². The monoisotopic (exact) mass is 256 g/mol. The SMILES string of the molecule is c1ccc(CSc2ccc3ccsc3c2)cc1. The van der Waals surface area contributed by atoms with Gasteiger partial charge in [-0.25, -0.2) is 0 Å². The van der Waals surface area contributed by atoms with Gasteiger partial charge in [0.05, 0.1) is 0 Å². The fourth-order valence-corrected chi connectivity index (χ4v) is 3.56. The van der Waals surface area contributed by atoms with Crippen LogP contribution >= 0.6 is 23.1 Å². The van der Waals surface area contributed by atoms with E-state index in [4.69, 9.17) is 0 Å². The largest absolute Gasteiger partial charge is 0.144 e. The third-order valence-corrected chi connectivity index (χ3v) is 4.62. The first-order valence-corrected chi connectivity index (χ1v) is 7.42. The first-order valence-electron chi connectivity index (χ1n) is 5.56. The highest BCUT2D eigenvalue weighted by Gasteiger charge is 1.99. The van der Waals surface area contributed by atoms with Gasteiger partial charge in [-0.05, 0) is 34.5 Å². The fourth-order valence-electron chi connectivity index (χ4n) is 1.77. The highest BCUT2D eigenvalue weighted by atomic mass is 32.2. The average Bonchev–Trinajstić information content (AvgIpc) is 2.85. The van der Waals surface area contributed by atoms with Crippen molar-refractivity contribution in [3.8, 4) is 0 Å². The number of hydrogen-bond acceptors (Lipinski definition) is 2. The summed E-state index contributed by atoms with van der Waals surface area (Å²) in [5.41, 5.74) is 1.38. The standard InChI is InChI=1S/C15H12S2/c1-2-4-12(5-3-1)11-17-14-7-6-13-8-9-16-15(13)10-14/h1-10H,11H2. The van der Waals surface area contributed by atoms with E-state index < -0.39 is 0 Å². The predicted octanol–water partition coefficient (Wildman–Crippen LogP) is 5.19. The molecule has 0 aliphatic heterocycles. The van der Waals surface area contributed by atoms with Crippen LogP contribution in [0.2, 0.25) is 0 Å². The second kappa shape index (κ2) is 4.94. The molecule has 84 valence electrons. The molecule has 1 heterocycles. The van der Waals surface area contributed by atoms with Crippen LogP contribution in [-0.4, -0.2) is 0 Å². The Hall–Kier alpha value is -1.25. The molecule has 17 heavy (non-hydrogen) atoms. The topological polar surface area (TPSA) is 0 Å². The summed E-state index contributed by atoms with van der Waals surface area (Å²) in [5.74, 6) is 1.04. The Labute approximate surface area is 109 Å². The third kappa shape index (κ3) is 2.54. The van der Waals surface area contributed by atoms with Gasteiger partial charge in [0.2, 0.25) is 0 Å². The molecule has 0 amide bonds. The van der Waals surface area contributed by atoms with Crippen molar-refractivity contribution >= 4 is 33.2 Å². The van der Waals surface area contributed by atoms with Crippen LogP contribution in [0.25, 0.3) is 10.1 Å². The van der Waals surface area contributed by atoms with Crippen LogP contribution in [0.3, 0.4) is 0 Å². The minimum atomic E-state index is 1.04. The molecule has 0 spiro atoms. The Balaban J connectivity index is 1.76. The second-order valence-corrected chi connectivity index (χ2v) is 5.89. The maximum absolute atomic E-state index is 2.29. The Bertz CT molecular complexity index is 611. The molecule has 3 aromatic rings. The molecule has 0 atom stereocenters. The zero-order chi connectivity index (χ0) is 11.5. The van der Waals surface area contributed by atoms with Crippen molar-refractivity contribution in [2.45, 2.75) is 10.6 Å². The zero-order valence-corrected chi connectivity index (χ0v) is 10.9. The number of thioether (sulfide) groups is 1. The van der Waals surface area contributed by atoms with Crippen LogP contribution in [0, 0.1) is 0 Å². The highest BCUT2D eigenvalue weighted by molar-refractivity contribution is 7.98. The molecule has 0 aliphatic carbocycles. The second-order valence-electron chi connectivity index (χ2n) is 3.89. The van der Waals surface area contributed by atoms with E-state index in [9.17, 15) is 0 Å². The van der Waals surface area contributed by atoms with E-state index in [0.29, 0.717) is 0 Å². The maximum Gasteiger partial charge on any atom is 0.0353 e. The summed E-state index contributed by atoms with van der Waals surface area (Å²) in [7, 11) is 0. The van der Waals surface area contributed by atoms with Gasteiger partial charge in [0.1, 0.15) is 0 Å².